The third kappa shape index (κ3) is 5.41. The Morgan fingerprint density at radius 1 is 1.26 bits per heavy atom. The third-order valence-corrected chi connectivity index (χ3v) is 5.51. The summed E-state index contributed by atoms with van der Waals surface area (Å²) in [6, 6.07) is 8.88. The van der Waals surface area contributed by atoms with Gasteiger partial charge in [0.25, 0.3) is 15.7 Å². The lowest BCUT2D eigenvalue weighted by atomic mass is 9.85. The second kappa shape index (κ2) is 9.75. The van der Waals surface area contributed by atoms with E-state index in [4.69, 9.17) is 4.74 Å². The summed E-state index contributed by atoms with van der Waals surface area (Å²) < 4.78 is 7.21. The van der Waals surface area contributed by atoms with Gasteiger partial charge in [-0.2, -0.15) is 5.26 Å². The molecule has 13 heteroatoms. The first kappa shape index (κ1) is 24.5. The van der Waals surface area contributed by atoms with E-state index in [1.165, 1.54) is 16.8 Å². The molecule has 2 aromatic rings. The first-order valence-electron chi connectivity index (χ1n) is 10.2. The minimum atomic E-state index is -1.20. The maximum atomic E-state index is 13.0. The number of hydrogen-bond donors (Lipinski definition) is 1. The van der Waals surface area contributed by atoms with Crippen molar-refractivity contribution in [3.63, 3.8) is 0 Å². The maximum Gasteiger partial charge on any atom is 0.294 e. The molecule has 1 aromatic heterocycles. The highest BCUT2D eigenvalue weighted by molar-refractivity contribution is 5.46. The van der Waals surface area contributed by atoms with Crippen molar-refractivity contribution < 1.29 is 29.7 Å². The van der Waals surface area contributed by atoms with Crippen molar-refractivity contribution in [3.8, 4) is 11.8 Å². The Kier molecular flexibility index (Phi) is 7.02. The number of rotatable bonds is 9. The fourth-order valence-corrected chi connectivity index (χ4v) is 3.81. The number of fused-ring (bicyclic) bond motifs is 1. The van der Waals surface area contributed by atoms with E-state index in [9.17, 15) is 35.4 Å². The van der Waals surface area contributed by atoms with Crippen molar-refractivity contribution in [2.75, 3.05) is 6.61 Å². The number of hydrogen-bond acceptors (Lipinski definition) is 10. The van der Waals surface area contributed by atoms with Crippen molar-refractivity contribution in [1.29, 1.82) is 5.26 Å². The molecule has 0 fully saturated rings. The largest absolute Gasteiger partial charge is 0.485 e. The van der Waals surface area contributed by atoms with Gasteiger partial charge in [0.1, 0.15) is 30.2 Å². The topological polar surface area (TPSA) is 180 Å². The fraction of sp³-hybridized carbons (Fsp3) is 0.429. The van der Waals surface area contributed by atoms with Crippen LogP contribution >= 0.6 is 0 Å². The molecule has 0 bridgehead atoms. The first-order valence-corrected chi connectivity index (χ1v) is 10.2. The zero-order valence-corrected chi connectivity index (χ0v) is 18.3. The molecule has 0 saturated heterocycles. The van der Waals surface area contributed by atoms with E-state index in [0.29, 0.717) is 22.4 Å². The van der Waals surface area contributed by atoms with Crippen molar-refractivity contribution in [3.05, 3.63) is 83.8 Å². The molecule has 0 saturated carbocycles. The van der Waals surface area contributed by atoms with Gasteiger partial charge in [-0.25, -0.2) is 0 Å². The lowest BCUT2D eigenvalue weighted by Gasteiger charge is -2.42. The molecular weight excluding hydrogens is 452 g/mol. The van der Waals surface area contributed by atoms with Gasteiger partial charge in [-0.15, -0.1) is 20.2 Å². The van der Waals surface area contributed by atoms with Crippen molar-refractivity contribution in [1.82, 2.24) is 4.57 Å². The van der Waals surface area contributed by atoms with Crippen LogP contribution in [0.15, 0.2) is 41.3 Å². The van der Waals surface area contributed by atoms with Gasteiger partial charge in [0.2, 0.25) is 0 Å². The SMILES string of the molecule is CC1(C)Oc2ccc(C#N)cc2C(n2ccc(CCC(CO[N+](=O)[O-])O[N+](=O)[O-])cc2=O)C1O. The van der Waals surface area contributed by atoms with Gasteiger partial charge >= 0.3 is 0 Å². The minimum absolute atomic E-state index is 0.0143. The minimum Gasteiger partial charge on any atom is -0.485 e. The molecule has 0 amide bonds. The van der Waals surface area contributed by atoms with Gasteiger partial charge < -0.3 is 24.1 Å². The number of ether oxygens (including phenoxy) is 1. The Labute approximate surface area is 192 Å². The van der Waals surface area contributed by atoms with E-state index in [2.05, 4.69) is 9.68 Å². The molecule has 0 spiro atoms. The van der Waals surface area contributed by atoms with Crippen molar-refractivity contribution in [2.24, 2.45) is 0 Å². The summed E-state index contributed by atoms with van der Waals surface area (Å²) in [5, 5.41) is 39.1. The summed E-state index contributed by atoms with van der Waals surface area (Å²) in [5.41, 5.74) is -0.143. The Bertz CT molecular complexity index is 1190. The molecular formula is C21H22N4O9. The Hall–Kier alpha value is -4.18. The zero-order valence-electron chi connectivity index (χ0n) is 18.3. The van der Waals surface area contributed by atoms with E-state index < -0.39 is 46.2 Å². The van der Waals surface area contributed by atoms with Crippen LogP contribution in [0.4, 0.5) is 0 Å². The number of benzene rings is 1. The average Bonchev–Trinajstić information content (AvgIpc) is 2.76. The number of aromatic nitrogens is 1. The molecule has 1 N–H and O–H groups in total. The van der Waals surface area contributed by atoms with Crippen LogP contribution < -0.4 is 10.3 Å². The normalized spacial score (nSPS) is 19.1. The van der Waals surface area contributed by atoms with Crippen LogP contribution in [0.1, 0.15) is 43.0 Å². The van der Waals surface area contributed by atoms with Crippen LogP contribution in [0.2, 0.25) is 0 Å². The van der Waals surface area contributed by atoms with Crippen LogP contribution in [-0.2, 0) is 16.1 Å². The molecule has 0 radical (unpaired) electrons. The van der Waals surface area contributed by atoms with E-state index in [0.717, 1.165) is 0 Å². The molecule has 13 nitrogen and oxygen atoms in total. The summed E-state index contributed by atoms with van der Waals surface area (Å²) in [5.74, 6) is 0.445. The van der Waals surface area contributed by atoms with Gasteiger partial charge in [0.15, 0.2) is 0 Å². The molecule has 2 heterocycles. The van der Waals surface area contributed by atoms with Gasteiger partial charge in [-0.05, 0) is 56.5 Å². The molecule has 1 aromatic carbocycles. The van der Waals surface area contributed by atoms with Gasteiger partial charge in [-0.3, -0.25) is 4.79 Å². The monoisotopic (exact) mass is 474 g/mol. The summed E-state index contributed by atoms with van der Waals surface area (Å²) in [6.45, 7) is 2.74. The molecule has 0 aliphatic carbocycles. The highest BCUT2D eigenvalue weighted by Gasteiger charge is 2.44. The quantitative estimate of drug-likeness (QED) is 0.414. The molecule has 180 valence electrons. The van der Waals surface area contributed by atoms with E-state index in [1.54, 1.807) is 38.1 Å². The smallest absolute Gasteiger partial charge is 0.294 e. The van der Waals surface area contributed by atoms with Crippen molar-refractivity contribution in [2.45, 2.75) is 50.5 Å². The van der Waals surface area contributed by atoms with Crippen LogP contribution in [0, 0.1) is 31.6 Å². The van der Waals surface area contributed by atoms with Gasteiger partial charge in [0.05, 0.1) is 17.7 Å². The van der Waals surface area contributed by atoms with Gasteiger partial charge in [0, 0.05) is 17.8 Å². The van der Waals surface area contributed by atoms with Crippen LogP contribution in [0.3, 0.4) is 0 Å². The van der Waals surface area contributed by atoms with E-state index in [1.807, 2.05) is 6.07 Å². The van der Waals surface area contributed by atoms with Crippen LogP contribution in [0.25, 0.3) is 0 Å². The van der Waals surface area contributed by atoms with Crippen molar-refractivity contribution >= 4 is 0 Å². The Morgan fingerprint density at radius 2 is 2.00 bits per heavy atom. The molecule has 3 unspecified atom stereocenters. The highest BCUT2D eigenvalue weighted by Crippen LogP contribution is 2.41. The lowest BCUT2D eigenvalue weighted by Crippen LogP contribution is -2.52. The number of aliphatic hydroxyl groups is 1. The summed E-state index contributed by atoms with van der Waals surface area (Å²) in [7, 11) is 0. The predicted molar refractivity (Wildman–Crippen MR) is 114 cm³/mol. The number of pyridine rings is 1. The van der Waals surface area contributed by atoms with Crippen LogP contribution in [0.5, 0.6) is 5.75 Å². The third-order valence-electron chi connectivity index (χ3n) is 5.51. The number of nitrogens with zero attached hydrogens (tertiary/aromatic N) is 4. The summed E-state index contributed by atoms with van der Waals surface area (Å²) in [6.07, 6.45) is -0.703. The van der Waals surface area contributed by atoms with Gasteiger partial charge in [-0.1, -0.05) is 0 Å². The average molecular weight is 474 g/mol. The standard InChI is InChI=1S/C21H22N4O9/c1-21(2)20(27)19(16-9-14(11-22)4-6-17(16)33-21)23-8-7-13(10-18(23)26)3-5-15(34-25(30)31)12-32-24(28)29/h4,6-10,15,19-20,27H,3,5,12H2,1-2H3. The first-order chi connectivity index (χ1) is 16.0. The lowest BCUT2D eigenvalue weighted by molar-refractivity contribution is -0.790. The molecule has 3 atom stereocenters. The Balaban J connectivity index is 1.87. The number of aliphatic hydroxyl groups excluding tert-OH is 1. The fourth-order valence-electron chi connectivity index (χ4n) is 3.81. The predicted octanol–water partition coefficient (Wildman–Crippen LogP) is 1.56. The summed E-state index contributed by atoms with van der Waals surface area (Å²) in [4.78, 5) is 42.5. The second-order valence-corrected chi connectivity index (χ2v) is 8.25. The zero-order chi connectivity index (χ0) is 25.0. The molecule has 1 aliphatic rings. The summed E-state index contributed by atoms with van der Waals surface area (Å²) >= 11 is 0. The van der Waals surface area contributed by atoms with Crippen LogP contribution in [-0.4, -0.2) is 44.3 Å². The molecule has 3 rings (SSSR count). The highest BCUT2D eigenvalue weighted by atomic mass is 17.0. The second-order valence-electron chi connectivity index (χ2n) is 8.25. The molecule has 34 heavy (non-hydrogen) atoms. The van der Waals surface area contributed by atoms with E-state index in [-0.39, 0.29) is 12.8 Å². The Morgan fingerprint density at radius 3 is 2.62 bits per heavy atom. The maximum absolute atomic E-state index is 13.0. The molecule has 1 aliphatic heterocycles. The number of aryl methyl sites for hydroxylation is 1. The number of nitriles is 1. The van der Waals surface area contributed by atoms with E-state index >= 15 is 0 Å².